The van der Waals surface area contributed by atoms with Crippen LogP contribution in [0.25, 0.3) is 0 Å². The summed E-state index contributed by atoms with van der Waals surface area (Å²) in [6.07, 6.45) is 14.0. The molecule has 4 fully saturated rings. The zero-order chi connectivity index (χ0) is 19.0. The lowest BCUT2D eigenvalue weighted by Gasteiger charge is -2.56. The Morgan fingerprint density at radius 2 is 1.82 bits per heavy atom. The van der Waals surface area contributed by atoms with Crippen LogP contribution in [0.1, 0.15) is 56.1 Å². The van der Waals surface area contributed by atoms with Crippen molar-refractivity contribution in [1.29, 1.82) is 0 Å². The van der Waals surface area contributed by atoms with Gasteiger partial charge in [0.1, 0.15) is 0 Å². The molecule has 0 radical (unpaired) electrons. The molecule has 4 bridgehead atoms. The fourth-order valence-corrected chi connectivity index (χ4v) is 6.37. The quantitative estimate of drug-likeness (QED) is 0.612. The molecule has 0 unspecified atom stereocenters. The Kier molecular flexibility index (Phi) is 4.53. The normalized spacial score (nSPS) is 30.8. The summed E-state index contributed by atoms with van der Waals surface area (Å²) in [7, 11) is 0. The van der Waals surface area contributed by atoms with Gasteiger partial charge in [-0.25, -0.2) is 5.43 Å². The number of benzene rings is 1. The second-order valence-electron chi connectivity index (χ2n) is 9.34. The third-order valence-corrected chi connectivity index (χ3v) is 6.94. The predicted octanol–water partition coefficient (Wildman–Crippen LogP) is 3.99. The van der Waals surface area contributed by atoms with Crippen LogP contribution >= 0.6 is 0 Å². The number of nitrogens with one attached hydrogen (secondary N) is 1. The smallest absolute Gasteiger partial charge is 0.240 e. The molecule has 1 heterocycles. The Balaban J connectivity index is 1.15. The molecule has 0 spiro atoms. The van der Waals surface area contributed by atoms with E-state index in [-0.39, 0.29) is 11.3 Å². The van der Waals surface area contributed by atoms with Crippen LogP contribution in [0, 0.1) is 23.2 Å². The summed E-state index contributed by atoms with van der Waals surface area (Å²) in [4.78, 5) is 12.5. The Morgan fingerprint density at radius 1 is 1.14 bits per heavy atom. The maximum absolute atomic E-state index is 12.5. The zero-order valence-corrected chi connectivity index (χ0v) is 16.3. The Labute approximate surface area is 166 Å². The highest BCUT2D eigenvalue weighted by Crippen LogP contribution is 2.61. The fraction of sp³-hybridized carbons (Fsp3) is 0.522. The molecule has 5 heteroatoms. The lowest BCUT2D eigenvalue weighted by molar-refractivity contribution is -0.129. The summed E-state index contributed by atoms with van der Waals surface area (Å²) in [6, 6.07) is 10.2. The molecule has 1 aromatic carbocycles. The van der Waals surface area contributed by atoms with Crippen LogP contribution in [0.2, 0.25) is 0 Å². The van der Waals surface area contributed by atoms with Crippen LogP contribution in [-0.4, -0.2) is 21.9 Å². The van der Waals surface area contributed by atoms with Crippen molar-refractivity contribution in [2.24, 2.45) is 28.3 Å². The maximum atomic E-state index is 12.5. The summed E-state index contributed by atoms with van der Waals surface area (Å²) in [5.74, 6) is 2.68. The minimum Gasteiger partial charge on any atom is -0.273 e. The van der Waals surface area contributed by atoms with Crippen molar-refractivity contribution in [3.05, 3.63) is 53.9 Å². The molecule has 1 aromatic heterocycles. The van der Waals surface area contributed by atoms with Gasteiger partial charge in [-0.2, -0.15) is 10.2 Å². The molecule has 28 heavy (non-hydrogen) atoms. The van der Waals surface area contributed by atoms with Gasteiger partial charge in [-0.1, -0.05) is 30.3 Å². The minimum absolute atomic E-state index is 0.0647. The SMILES string of the molecule is O=C(CC12CC3CC(CC(C3)C1)C2)N/N=C\c1cnn(Cc2ccccc2)c1. The number of hydrogen-bond acceptors (Lipinski definition) is 3. The third-order valence-electron chi connectivity index (χ3n) is 6.94. The average Bonchev–Trinajstić information content (AvgIpc) is 3.08. The molecule has 4 aliphatic rings. The number of carbonyl (C=O) groups excluding carboxylic acids is 1. The fourth-order valence-electron chi connectivity index (χ4n) is 6.37. The van der Waals surface area contributed by atoms with Crippen LogP contribution in [0.15, 0.2) is 47.8 Å². The molecule has 6 rings (SSSR count). The number of hydrazone groups is 1. The van der Waals surface area contributed by atoms with E-state index in [0.717, 1.165) is 29.9 Å². The number of hydrogen-bond donors (Lipinski definition) is 1. The molecule has 146 valence electrons. The molecule has 0 saturated heterocycles. The zero-order valence-electron chi connectivity index (χ0n) is 16.3. The van der Waals surface area contributed by atoms with Crippen LogP contribution in [0.5, 0.6) is 0 Å². The topological polar surface area (TPSA) is 59.3 Å². The first kappa shape index (κ1) is 17.7. The van der Waals surface area contributed by atoms with Gasteiger partial charge in [0.15, 0.2) is 0 Å². The van der Waals surface area contributed by atoms with Crippen molar-refractivity contribution >= 4 is 12.1 Å². The van der Waals surface area contributed by atoms with Crippen molar-refractivity contribution in [3.63, 3.8) is 0 Å². The molecular formula is C23H28N4O. The first-order valence-electron chi connectivity index (χ1n) is 10.5. The predicted molar refractivity (Wildman–Crippen MR) is 109 cm³/mol. The second-order valence-corrected chi connectivity index (χ2v) is 9.34. The molecular weight excluding hydrogens is 348 g/mol. The Morgan fingerprint density at radius 3 is 2.50 bits per heavy atom. The molecule has 4 saturated carbocycles. The molecule has 4 aliphatic carbocycles. The average molecular weight is 377 g/mol. The maximum Gasteiger partial charge on any atom is 0.240 e. The molecule has 0 atom stereocenters. The number of aromatic nitrogens is 2. The van der Waals surface area contributed by atoms with E-state index in [1.165, 1.54) is 44.1 Å². The van der Waals surface area contributed by atoms with E-state index in [4.69, 9.17) is 0 Å². The highest BCUT2D eigenvalue weighted by atomic mass is 16.2. The van der Waals surface area contributed by atoms with Gasteiger partial charge in [-0.05, 0) is 67.3 Å². The Bertz CT molecular complexity index is 834. The van der Waals surface area contributed by atoms with Gasteiger partial charge in [0.2, 0.25) is 5.91 Å². The van der Waals surface area contributed by atoms with Gasteiger partial charge in [-0.3, -0.25) is 9.48 Å². The number of amides is 1. The monoisotopic (exact) mass is 376 g/mol. The first-order chi connectivity index (χ1) is 13.7. The number of nitrogens with zero attached hydrogens (tertiary/aromatic N) is 3. The van der Waals surface area contributed by atoms with Gasteiger partial charge < -0.3 is 0 Å². The standard InChI is InChI=1S/C23H28N4O/c28-22(12-23-9-18-6-19(10-23)8-20(7-18)11-23)26-24-13-21-14-25-27(16-21)15-17-4-2-1-3-5-17/h1-5,13-14,16,18-20H,6-12,15H2,(H,26,28)/b24-13-. The van der Waals surface area contributed by atoms with Crippen molar-refractivity contribution in [2.45, 2.75) is 51.5 Å². The summed E-state index contributed by atoms with van der Waals surface area (Å²) in [5, 5.41) is 8.55. The molecule has 0 aliphatic heterocycles. The van der Waals surface area contributed by atoms with E-state index in [1.54, 1.807) is 12.4 Å². The van der Waals surface area contributed by atoms with E-state index in [1.807, 2.05) is 29.1 Å². The van der Waals surface area contributed by atoms with E-state index in [0.29, 0.717) is 6.42 Å². The van der Waals surface area contributed by atoms with E-state index >= 15 is 0 Å². The van der Waals surface area contributed by atoms with Crippen LogP contribution in [0.3, 0.4) is 0 Å². The summed E-state index contributed by atoms with van der Waals surface area (Å²) in [6.45, 7) is 0.729. The van der Waals surface area contributed by atoms with Crippen LogP contribution < -0.4 is 5.43 Å². The molecule has 1 N–H and O–H groups in total. The van der Waals surface area contributed by atoms with Gasteiger partial charge in [0, 0.05) is 18.2 Å². The summed E-state index contributed by atoms with van der Waals surface area (Å²) in [5.41, 5.74) is 5.12. The molecule has 2 aromatic rings. The van der Waals surface area contributed by atoms with Gasteiger partial charge in [0.25, 0.3) is 0 Å². The first-order valence-corrected chi connectivity index (χ1v) is 10.5. The number of rotatable bonds is 6. The van der Waals surface area contributed by atoms with E-state index in [9.17, 15) is 4.79 Å². The van der Waals surface area contributed by atoms with E-state index in [2.05, 4.69) is 27.8 Å². The number of carbonyl (C=O) groups is 1. The molecule has 5 nitrogen and oxygen atoms in total. The van der Waals surface area contributed by atoms with Crippen molar-refractivity contribution < 1.29 is 4.79 Å². The van der Waals surface area contributed by atoms with Crippen LogP contribution in [-0.2, 0) is 11.3 Å². The van der Waals surface area contributed by atoms with Crippen molar-refractivity contribution in [3.8, 4) is 0 Å². The molecule has 1 amide bonds. The van der Waals surface area contributed by atoms with Crippen LogP contribution in [0.4, 0.5) is 0 Å². The van der Waals surface area contributed by atoms with Gasteiger partial charge >= 0.3 is 0 Å². The van der Waals surface area contributed by atoms with Crippen molar-refractivity contribution in [1.82, 2.24) is 15.2 Å². The second kappa shape index (κ2) is 7.19. The highest BCUT2D eigenvalue weighted by molar-refractivity contribution is 5.82. The van der Waals surface area contributed by atoms with Crippen molar-refractivity contribution in [2.75, 3.05) is 0 Å². The third kappa shape index (κ3) is 3.75. The van der Waals surface area contributed by atoms with E-state index < -0.39 is 0 Å². The largest absolute Gasteiger partial charge is 0.273 e. The van der Waals surface area contributed by atoms with Gasteiger partial charge in [0.05, 0.1) is 19.0 Å². The Hall–Kier alpha value is -2.43. The summed E-state index contributed by atoms with van der Waals surface area (Å²) < 4.78 is 1.88. The highest BCUT2D eigenvalue weighted by Gasteiger charge is 2.51. The lowest BCUT2D eigenvalue weighted by Crippen LogP contribution is -2.47. The lowest BCUT2D eigenvalue weighted by atomic mass is 9.49. The summed E-state index contributed by atoms with van der Waals surface area (Å²) >= 11 is 0. The minimum atomic E-state index is 0.0647. The van der Waals surface area contributed by atoms with Gasteiger partial charge in [-0.15, -0.1) is 0 Å².